The zero-order chi connectivity index (χ0) is 26.1. The lowest BCUT2D eigenvalue weighted by molar-refractivity contribution is 0.0978. The van der Waals surface area contributed by atoms with Crippen molar-refractivity contribution in [2.45, 2.75) is 168 Å². The van der Waals surface area contributed by atoms with Crippen molar-refractivity contribution >= 4 is 11.6 Å². The molecule has 0 aliphatic heterocycles. The van der Waals surface area contributed by atoms with Gasteiger partial charge in [0, 0.05) is 24.0 Å². The van der Waals surface area contributed by atoms with Crippen LogP contribution in [-0.2, 0) is 0 Å². The van der Waals surface area contributed by atoms with Crippen LogP contribution in [0, 0.1) is 0 Å². The van der Waals surface area contributed by atoms with Crippen molar-refractivity contribution in [1.29, 1.82) is 0 Å². The average molecular weight is 499 g/mol. The van der Waals surface area contributed by atoms with Crippen LogP contribution in [-0.4, -0.2) is 11.6 Å². The van der Waals surface area contributed by atoms with Crippen molar-refractivity contribution in [1.82, 2.24) is 0 Å². The highest BCUT2D eigenvalue weighted by atomic mass is 16.1. The summed E-state index contributed by atoms with van der Waals surface area (Å²) in [6, 6.07) is 7.46. The number of ketones is 2. The molecule has 0 unspecified atom stereocenters. The first-order chi connectivity index (χ1) is 17.7. The standard InChI is InChI=1S/C34H58O2/c1-3-5-7-9-11-13-15-17-19-21-23-28-33(35)31-26-25-27-32(30-31)34(36)29-24-22-20-18-16-14-12-10-8-6-4-2/h25-27,30H,3-24,28-29H2,1-2H3. The first kappa shape index (κ1) is 32.6. The van der Waals surface area contributed by atoms with E-state index in [-0.39, 0.29) is 11.6 Å². The fourth-order valence-electron chi connectivity index (χ4n) is 5.05. The summed E-state index contributed by atoms with van der Waals surface area (Å²) in [5, 5.41) is 0. The van der Waals surface area contributed by atoms with Gasteiger partial charge in [0.15, 0.2) is 11.6 Å². The molecule has 0 heterocycles. The highest BCUT2D eigenvalue weighted by Gasteiger charge is 2.10. The normalized spacial score (nSPS) is 11.2. The third-order valence-electron chi connectivity index (χ3n) is 7.52. The van der Waals surface area contributed by atoms with Gasteiger partial charge >= 0.3 is 0 Å². The summed E-state index contributed by atoms with van der Waals surface area (Å²) in [7, 11) is 0. The predicted octanol–water partition coefficient (Wildman–Crippen LogP) is 11.5. The molecule has 2 nitrogen and oxygen atoms in total. The second-order valence-corrected chi connectivity index (χ2v) is 11.0. The summed E-state index contributed by atoms with van der Waals surface area (Å²) in [5.41, 5.74) is 1.43. The lowest BCUT2D eigenvalue weighted by atomic mass is 9.98. The Bertz CT molecular complexity index is 610. The maximum absolute atomic E-state index is 12.6. The molecule has 1 rings (SSSR count). The molecule has 0 N–H and O–H groups in total. The highest BCUT2D eigenvalue weighted by Crippen LogP contribution is 2.17. The van der Waals surface area contributed by atoms with E-state index in [1.807, 2.05) is 24.3 Å². The third-order valence-corrected chi connectivity index (χ3v) is 7.52. The van der Waals surface area contributed by atoms with Crippen LogP contribution in [0.25, 0.3) is 0 Å². The molecule has 36 heavy (non-hydrogen) atoms. The minimum absolute atomic E-state index is 0.190. The van der Waals surface area contributed by atoms with Crippen molar-refractivity contribution in [2.24, 2.45) is 0 Å². The van der Waals surface area contributed by atoms with E-state index in [2.05, 4.69) is 13.8 Å². The fourth-order valence-corrected chi connectivity index (χ4v) is 5.05. The van der Waals surface area contributed by atoms with E-state index in [1.165, 1.54) is 116 Å². The second-order valence-electron chi connectivity index (χ2n) is 11.0. The molecule has 1 aromatic rings. The lowest BCUT2D eigenvalue weighted by Crippen LogP contribution is -2.04. The van der Waals surface area contributed by atoms with Gasteiger partial charge in [0.05, 0.1) is 0 Å². The minimum atomic E-state index is 0.190. The molecule has 0 bridgehead atoms. The summed E-state index contributed by atoms with van der Waals surface area (Å²) in [6.07, 6.45) is 29.6. The molecule has 2 heteroatoms. The maximum Gasteiger partial charge on any atom is 0.162 e. The molecule has 1 aromatic carbocycles. The molecular weight excluding hydrogens is 440 g/mol. The molecule has 0 spiro atoms. The van der Waals surface area contributed by atoms with E-state index < -0.39 is 0 Å². The molecule has 0 aliphatic carbocycles. The molecular formula is C34H58O2. The van der Waals surface area contributed by atoms with Gasteiger partial charge in [-0.15, -0.1) is 0 Å². The molecule has 0 radical (unpaired) electrons. The summed E-state index contributed by atoms with van der Waals surface area (Å²) < 4.78 is 0. The molecule has 0 amide bonds. The summed E-state index contributed by atoms with van der Waals surface area (Å²) in [6.45, 7) is 4.53. The first-order valence-electron chi connectivity index (χ1n) is 15.9. The smallest absolute Gasteiger partial charge is 0.162 e. The van der Waals surface area contributed by atoms with Gasteiger partial charge in [-0.05, 0) is 18.9 Å². The monoisotopic (exact) mass is 498 g/mol. The zero-order valence-electron chi connectivity index (χ0n) is 24.1. The SMILES string of the molecule is CCCCCCCCCCCCCC(=O)c1cccc(C(=O)CCCCCCCCCCCCC)c1. The molecule has 0 saturated carbocycles. The van der Waals surface area contributed by atoms with Gasteiger partial charge in [-0.3, -0.25) is 9.59 Å². The topological polar surface area (TPSA) is 34.1 Å². The largest absolute Gasteiger partial charge is 0.294 e. The molecule has 0 atom stereocenters. The van der Waals surface area contributed by atoms with E-state index in [1.54, 1.807) is 0 Å². The molecule has 0 aromatic heterocycles. The van der Waals surface area contributed by atoms with Gasteiger partial charge < -0.3 is 0 Å². The highest BCUT2D eigenvalue weighted by molar-refractivity contribution is 6.01. The average Bonchev–Trinajstić information content (AvgIpc) is 2.90. The van der Waals surface area contributed by atoms with Crippen molar-refractivity contribution in [2.75, 3.05) is 0 Å². The predicted molar refractivity (Wildman–Crippen MR) is 157 cm³/mol. The Morgan fingerprint density at radius 2 is 0.722 bits per heavy atom. The van der Waals surface area contributed by atoms with E-state index in [0.717, 1.165) is 25.7 Å². The number of carbonyl (C=O) groups excluding carboxylic acids is 2. The number of benzene rings is 1. The van der Waals surface area contributed by atoms with Crippen LogP contribution >= 0.6 is 0 Å². The Kier molecular flexibility index (Phi) is 21.7. The first-order valence-corrected chi connectivity index (χ1v) is 15.9. The number of Topliss-reactive ketones (excluding diaryl/α,β-unsaturated/α-hetero) is 2. The zero-order valence-corrected chi connectivity index (χ0v) is 24.1. The van der Waals surface area contributed by atoms with Crippen molar-refractivity contribution in [3.05, 3.63) is 35.4 Å². The Hall–Kier alpha value is -1.44. The van der Waals surface area contributed by atoms with E-state index in [4.69, 9.17) is 0 Å². The van der Waals surface area contributed by atoms with Crippen LogP contribution in [0.5, 0.6) is 0 Å². The van der Waals surface area contributed by atoms with Gasteiger partial charge in [0.25, 0.3) is 0 Å². The van der Waals surface area contributed by atoms with Gasteiger partial charge in [-0.25, -0.2) is 0 Å². The summed E-state index contributed by atoms with van der Waals surface area (Å²) in [4.78, 5) is 25.3. The number of hydrogen-bond donors (Lipinski definition) is 0. The van der Waals surface area contributed by atoms with Crippen molar-refractivity contribution in [3.8, 4) is 0 Å². The van der Waals surface area contributed by atoms with E-state index >= 15 is 0 Å². The van der Waals surface area contributed by atoms with Crippen molar-refractivity contribution in [3.63, 3.8) is 0 Å². The van der Waals surface area contributed by atoms with Crippen LogP contribution in [0.1, 0.15) is 189 Å². The molecule has 206 valence electrons. The second kappa shape index (κ2) is 23.9. The van der Waals surface area contributed by atoms with Gasteiger partial charge in [0.2, 0.25) is 0 Å². The summed E-state index contributed by atoms with van der Waals surface area (Å²) in [5.74, 6) is 0.380. The van der Waals surface area contributed by atoms with Gasteiger partial charge in [0.1, 0.15) is 0 Å². The van der Waals surface area contributed by atoms with Crippen LogP contribution < -0.4 is 0 Å². The Morgan fingerprint density at radius 1 is 0.444 bits per heavy atom. The van der Waals surface area contributed by atoms with Gasteiger partial charge in [-0.1, -0.05) is 160 Å². The molecule has 0 fully saturated rings. The molecule has 0 saturated heterocycles. The Morgan fingerprint density at radius 3 is 1.03 bits per heavy atom. The number of rotatable bonds is 26. The fraction of sp³-hybridized carbons (Fsp3) is 0.765. The minimum Gasteiger partial charge on any atom is -0.294 e. The number of hydrogen-bond acceptors (Lipinski definition) is 2. The Balaban J connectivity index is 2.10. The third kappa shape index (κ3) is 17.9. The molecule has 0 aliphatic rings. The van der Waals surface area contributed by atoms with Crippen LogP contribution in [0.15, 0.2) is 24.3 Å². The number of carbonyl (C=O) groups is 2. The van der Waals surface area contributed by atoms with E-state index in [9.17, 15) is 9.59 Å². The number of unbranched alkanes of at least 4 members (excludes halogenated alkanes) is 20. The maximum atomic E-state index is 12.6. The Labute approximate surface area is 224 Å². The van der Waals surface area contributed by atoms with Crippen LogP contribution in [0.2, 0.25) is 0 Å². The van der Waals surface area contributed by atoms with Gasteiger partial charge in [-0.2, -0.15) is 0 Å². The van der Waals surface area contributed by atoms with Crippen LogP contribution in [0.4, 0.5) is 0 Å². The quantitative estimate of drug-likeness (QED) is 0.0939. The summed E-state index contributed by atoms with van der Waals surface area (Å²) >= 11 is 0. The lowest BCUT2D eigenvalue weighted by Gasteiger charge is -2.06. The van der Waals surface area contributed by atoms with Crippen LogP contribution in [0.3, 0.4) is 0 Å². The van der Waals surface area contributed by atoms with Crippen molar-refractivity contribution < 1.29 is 9.59 Å². The van der Waals surface area contributed by atoms with E-state index in [0.29, 0.717) is 24.0 Å².